The third kappa shape index (κ3) is 3.36. The Balaban J connectivity index is 1.51. The second-order valence-electron chi connectivity index (χ2n) is 7.02. The quantitative estimate of drug-likeness (QED) is 0.749. The zero-order valence-corrected chi connectivity index (χ0v) is 13.8. The number of likely N-dealkylation sites (tertiary alicyclic amines) is 1. The molecule has 0 bridgehead atoms. The van der Waals surface area contributed by atoms with Crippen LogP contribution in [0.1, 0.15) is 25.7 Å². The molecule has 2 aliphatic heterocycles. The van der Waals surface area contributed by atoms with Crippen molar-refractivity contribution in [2.45, 2.75) is 48.6 Å². The van der Waals surface area contributed by atoms with Crippen LogP contribution in [0.2, 0.25) is 0 Å². The van der Waals surface area contributed by atoms with Gasteiger partial charge >= 0.3 is 0 Å². The summed E-state index contributed by atoms with van der Waals surface area (Å²) in [4.78, 5) is 2.39. The Labute approximate surface area is 136 Å². The lowest BCUT2D eigenvalue weighted by Crippen LogP contribution is -2.49. The van der Waals surface area contributed by atoms with Crippen molar-refractivity contribution < 1.29 is 14.9 Å². The standard InChI is InChI=1S/C15H25Cl2NO3/c16-11-5-10(13(19)6-12(11)17)7-18-3-1-15(2-4-18)9-21-8-14(15)20/h10-14,19-20H,1-9H2. The van der Waals surface area contributed by atoms with Crippen LogP contribution in [0.5, 0.6) is 0 Å². The van der Waals surface area contributed by atoms with Crippen molar-refractivity contribution in [3.63, 3.8) is 0 Å². The van der Waals surface area contributed by atoms with E-state index in [-0.39, 0.29) is 34.3 Å². The summed E-state index contributed by atoms with van der Waals surface area (Å²) in [7, 11) is 0. The van der Waals surface area contributed by atoms with Gasteiger partial charge in [-0.3, -0.25) is 0 Å². The van der Waals surface area contributed by atoms with Crippen LogP contribution in [0.15, 0.2) is 0 Å². The average molecular weight is 338 g/mol. The van der Waals surface area contributed by atoms with E-state index in [1.54, 1.807) is 0 Å². The summed E-state index contributed by atoms with van der Waals surface area (Å²) in [6, 6.07) is 0. The van der Waals surface area contributed by atoms with Crippen molar-refractivity contribution >= 4 is 23.2 Å². The number of ether oxygens (including phenoxy) is 1. The van der Waals surface area contributed by atoms with Gasteiger partial charge in [-0.05, 0) is 44.7 Å². The SMILES string of the molecule is OC1CC(Cl)C(Cl)CC1CN1CCC2(CC1)COCC2O. The molecule has 0 radical (unpaired) electrons. The number of alkyl halides is 2. The maximum Gasteiger partial charge on any atom is 0.0852 e. The molecule has 3 aliphatic rings. The summed E-state index contributed by atoms with van der Waals surface area (Å²) >= 11 is 12.4. The predicted octanol–water partition coefficient (Wildman–Crippen LogP) is 1.45. The number of hydrogen-bond acceptors (Lipinski definition) is 4. The summed E-state index contributed by atoms with van der Waals surface area (Å²) in [6.45, 7) is 3.96. The van der Waals surface area contributed by atoms with E-state index in [4.69, 9.17) is 27.9 Å². The number of hydrogen-bond donors (Lipinski definition) is 2. The number of halogens is 2. The highest BCUT2D eigenvalue weighted by atomic mass is 35.5. The van der Waals surface area contributed by atoms with Crippen LogP contribution < -0.4 is 0 Å². The molecule has 3 rings (SSSR count). The fraction of sp³-hybridized carbons (Fsp3) is 1.00. The highest BCUT2D eigenvalue weighted by Gasteiger charge is 2.45. The van der Waals surface area contributed by atoms with Crippen LogP contribution in [-0.4, -0.2) is 70.9 Å². The minimum Gasteiger partial charge on any atom is -0.393 e. The topological polar surface area (TPSA) is 52.9 Å². The summed E-state index contributed by atoms with van der Waals surface area (Å²) in [6.07, 6.45) is 2.65. The van der Waals surface area contributed by atoms with E-state index in [1.807, 2.05) is 0 Å². The van der Waals surface area contributed by atoms with Crippen molar-refractivity contribution in [2.24, 2.45) is 11.3 Å². The van der Waals surface area contributed by atoms with Crippen molar-refractivity contribution in [2.75, 3.05) is 32.8 Å². The van der Waals surface area contributed by atoms with Crippen LogP contribution >= 0.6 is 23.2 Å². The molecule has 1 spiro atoms. The summed E-state index contributed by atoms with van der Waals surface area (Å²) in [5, 5.41) is 20.1. The maximum absolute atomic E-state index is 10.2. The van der Waals surface area contributed by atoms with Gasteiger partial charge in [0.05, 0.1) is 36.2 Å². The molecule has 0 aromatic carbocycles. The molecule has 6 heteroatoms. The summed E-state index contributed by atoms with van der Waals surface area (Å²) in [5.41, 5.74) is -0.0298. The largest absolute Gasteiger partial charge is 0.393 e. The fourth-order valence-corrected chi connectivity index (χ4v) is 4.62. The van der Waals surface area contributed by atoms with Crippen LogP contribution in [0.4, 0.5) is 0 Å². The van der Waals surface area contributed by atoms with E-state index in [2.05, 4.69) is 4.90 Å². The molecule has 21 heavy (non-hydrogen) atoms. The molecule has 0 aromatic heterocycles. The van der Waals surface area contributed by atoms with Crippen molar-refractivity contribution in [1.29, 1.82) is 0 Å². The Hall–Kier alpha value is 0.420. The number of nitrogens with zero attached hydrogens (tertiary/aromatic N) is 1. The summed E-state index contributed by atoms with van der Waals surface area (Å²) in [5.74, 6) is 0.210. The number of piperidine rings is 1. The molecule has 2 N–H and O–H groups in total. The van der Waals surface area contributed by atoms with Gasteiger partial charge < -0.3 is 19.8 Å². The van der Waals surface area contributed by atoms with Gasteiger partial charge in [-0.25, -0.2) is 0 Å². The second-order valence-corrected chi connectivity index (χ2v) is 8.15. The Morgan fingerprint density at radius 1 is 1.10 bits per heavy atom. The van der Waals surface area contributed by atoms with E-state index in [9.17, 15) is 10.2 Å². The van der Waals surface area contributed by atoms with Crippen molar-refractivity contribution in [1.82, 2.24) is 4.90 Å². The first-order valence-electron chi connectivity index (χ1n) is 7.94. The molecule has 2 saturated heterocycles. The number of aliphatic hydroxyl groups is 2. The fourth-order valence-electron chi connectivity index (χ4n) is 4.00. The van der Waals surface area contributed by atoms with Gasteiger partial charge in [-0.1, -0.05) is 0 Å². The van der Waals surface area contributed by atoms with Gasteiger partial charge in [0.15, 0.2) is 0 Å². The first-order valence-corrected chi connectivity index (χ1v) is 8.82. The van der Waals surface area contributed by atoms with Crippen LogP contribution in [-0.2, 0) is 4.74 Å². The van der Waals surface area contributed by atoms with Gasteiger partial charge in [0.25, 0.3) is 0 Å². The lowest BCUT2D eigenvalue weighted by molar-refractivity contribution is -0.00677. The Morgan fingerprint density at radius 2 is 1.76 bits per heavy atom. The molecule has 122 valence electrons. The van der Waals surface area contributed by atoms with Crippen LogP contribution in [0.25, 0.3) is 0 Å². The molecule has 1 aliphatic carbocycles. The molecule has 4 nitrogen and oxygen atoms in total. The molecule has 0 aromatic rings. The second kappa shape index (κ2) is 6.50. The Kier molecular flexibility index (Phi) is 5.04. The first-order chi connectivity index (χ1) is 10.00. The first kappa shape index (κ1) is 16.3. The van der Waals surface area contributed by atoms with Crippen LogP contribution in [0.3, 0.4) is 0 Å². The summed E-state index contributed by atoms with van der Waals surface area (Å²) < 4.78 is 5.44. The van der Waals surface area contributed by atoms with Gasteiger partial charge in [0, 0.05) is 12.0 Å². The molecular formula is C15H25Cl2NO3. The zero-order chi connectivity index (χ0) is 15.0. The molecule has 3 fully saturated rings. The number of aliphatic hydroxyl groups excluding tert-OH is 2. The average Bonchev–Trinajstić information content (AvgIpc) is 2.80. The van der Waals surface area contributed by atoms with Crippen molar-refractivity contribution in [3.05, 3.63) is 0 Å². The van der Waals surface area contributed by atoms with E-state index in [0.29, 0.717) is 19.6 Å². The maximum atomic E-state index is 10.2. The predicted molar refractivity (Wildman–Crippen MR) is 82.9 cm³/mol. The monoisotopic (exact) mass is 337 g/mol. The molecule has 2 heterocycles. The Bertz CT molecular complexity index is 363. The lowest BCUT2D eigenvalue weighted by Gasteiger charge is -2.43. The van der Waals surface area contributed by atoms with E-state index in [1.165, 1.54) is 0 Å². The lowest BCUT2D eigenvalue weighted by atomic mass is 9.75. The minimum absolute atomic E-state index is 0.0298. The van der Waals surface area contributed by atoms with E-state index in [0.717, 1.165) is 38.9 Å². The van der Waals surface area contributed by atoms with E-state index < -0.39 is 0 Å². The molecular weight excluding hydrogens is 313 g/mol. The molecule has 0 amide bonds. The van der Waals surface area contributed by atoms with Gasteiger partial charge in [0.2, 0.25) is 0 Å². The molecule has 5 atom stereocenters. The molecule has 5 unspecified atom stereocenters. The third-order valence-corrected chi connectivity index (χ3v) is 6.74. The highest BCUT2D eigenvalue weighted by Crippen LogP contribution is 2.40. The normalized spacial score (nSPS) is 44.3. The smallest absolute Gasteiger partial charge is 0.0852 e. The minimum atomic E-state index is -0.348. The van der Waals surface area contributed by atoms with E-state index >= 15 is 0 Å². The third-order valence-electron chi connectivity index (χ3n) is 5.65. The molecule has 1 saturated carbocycles. The van der Waals surface area contributed by atoms with Crippen LogP contribution in [0, 0.1) is 11.3 Å². The highest BCUT2D eigenvalue weighted by molar-refractivity contribution is 6.30. The Morgan fingerprint density at radius 3 is 2.38 bits per heavy atom. The van der Waals surface area contributed by atoms with Crippen molar-refractivity contribution in [3.8, 4) is 0 Å². The van der Waals surface area contributed by atoms with Gasteiger partial charge in [-0.15, -0.1) is 23.2 Å². The zero-order valence-electron chi connectivity index (χ0n) is 12.3. The number of rotatable bonds is 2. The van der Waals surface area contributed by atoms with Gasteiger partial charge in [0.1, 0.15) is 0 Å². The van der Waals surface area contributed by atoms with Gasteiger partial charge in [-0.2, -0.15) is 0 Å².